The van der Waals surface area contributed by atoms with Gasteiger partial charge in [0.05, 0.1) is 28.7 Å². The van der Waals surface area contributed by atoms with Gasteiger partial charge in [0.1, 0.15) is 19.0 Å². The fraction of sp³-hybridized carbons (Fsp3) is 0.316. The van der Waals surface area contributed by atoms with E-state index in [1.165, 1.54) is 28.6 Å². The number of sulfonamides is 1. The van der Waals surface area contributed by atoms with Gasteiger partial charge in [-0.1, -0.05) is 11.6 Å². The fourth-order valence-corrected chi connectivity index (χ4v) is 4.79. The first-order valence-corrected chi connectivity index (χ1v) is 11.0. The number of hydrogen-bond acceptors (Lipinski definition) is 6. The topological polar surface area (TPSA) is 94.2 Å². The summed E-state index contributed by atoms with van der Waals surface area (Å²) >= 11 is 5.76. The molecule has 8 nitrogen and oxygen atoms in total. The van der Waals surface area contributed by atoms with Crippen molar-refractivity contribution >= 4 is 33.2 Å². The molecule has 11 heteroatoms. The predicted octanol–water partition coefficient (Wildman–Crippen LogP) is 2.52. The molecule has 2 aromatic carbocycles. The summed E-state index contributed by atoms with van der Waals surface area (Å²) in [4.78, 5) is 12.8. The highest BCUT2D eigenvalue weighted by Gasteiger charge is 2.31. The van der Waals surface area contributed by atoms with E-state index in [0.29, 0.717) is 13.2 Å². The minimum Gasteiger partial charge on any atom is -0.486 e. The van der Waals surface area contributed by atoms with Gasteiger partial charge in [0.2, 0.25) is 10.0 Å². The number of rotatable bonds is 4. The van der Waals surface area contributed by atoms with Gasteiger partial charge in [-0.25, -0.2) is 12.8 Å². The number of nitrogens with one attached hydrogen (secondary N) is 1. The van der Waals surface area contributed by atoms with E-state index in [2.05, 4.69) is 5.32 Å². The number of carbonyl (C=O) groups is 1. The van der Waals surface area contributed by atoms with Crippen LogP contribution in [0.15, 0.2) is 35.2 Å². The molecule has 160 valence electrons. The van der Waals surface area contributed by atoms with Crippen molar-refractivity contribution in [3.05, 3.63) is 46.7 Å². The van der Waals surface area contributed by atoms with Crippen molar-refractivity contribution in [3.8, 4) is 11.5 Å². The summed E-state index contributed by atoms with van der Waals surface area (Å²) in [5.41, 5.74) is 0.234. The number of hydrogen-bond donors (Lipinski definition) is 1. The van der Waals surface area contributed by atoms with Gasteiger partial charge in [0.15, 0.2) is 11.5 Å². The molecule has 1 saturated heterocycles. The first-order chi connectivity index (χ1) is 14.4. The van der Waals surface area contributed by atoms with Crippen molar-refractivity contribution in [2.45, 2.75) is 4.90 Å². The zero-order chi connectivity index (χ0) is 21.3. The van der Waals surface area contributed by atoms with Crippen molar-refractivity contribution in [3.63, 3.8) is 0 Å². The van der Waals surface area contributed by atoms with Gasteiger partial charge >= 0.3 is 0 Å². The SMILES string of the molecule is O=C(Nc1ccc(F)c(Cl)c1)c1cc(S(=O)(=O)N2CCOCC2)cc2c1OCCO2. The lowest BCUT2D eigenvalue weighted by atomic mass is 10.1. The number of ether oxygens (including phenoxy) is 3. The Balaban J connectivity index is 1.72. The molecule has 2 aliphatic rings. The van der Waals surface area contributed by atoms with E-state index in [1.807, 2.05) is 0 Å². The molecule has 0 bridgehead atoms. The van der Waals surface area contributed by atoms with Crippen LogP contribution in [-0.2, 0) is 14.8 Å². The van der Waals surface area contributed by atoms with Crippen molar-refractivity contribution in [2.24, 2.45) is 0 Å². The number of halogens is 2. The fourth-order valence-electron chi connectivity index (χ4n) is 3.15. The number of carbonyl (C=O) groups excluding carboxylic acids is 1. The minimum absolute atomic E-state index is 0.0144. The first-order valence-electron chi connectivity index (χ1n) is 9.14. The molecule has 30 heavy (non-hydrogen) atoms. The molecule has 1 N–H and O–H groups in total. The van der Waals surface area contributed by atoms with E-state index in [9.17, 15) is 17.6 Å². The summed E-state index contributed by atoms with van der Waals surface area (Å²) in [6.07, 6.45) is 0. The summed E-state index contributed by atoms with van der Waals surface area (Å²) in [7, 11) is -3.87. The smallest absolute Gasteiger partial charge is 0.259 e. The summed E-state index contributed by atoms with van der Waals surface area (Å²) < 4.78 is 57.1. The van der Waals surface area contributed by atoms with E-state index >= 15 is 0 Å². The highest BCUT2D eigenvalue weighted by molar-refractivity contribution is 7.89. The Morgan fingerprint density at radius 1 is 1.07 bits per heavy atom. The van der Waals surface area contributed by atoms with Crippen LogP contribution in [0.2, 0.25) is 5.02 Å². The van der Waals surface area contributed by atoms with Crippen LogP contribution in [-0.4, -0.2) is 58.1 Å². The summed E-state index contributed by atoms with van der Waals surface area (Å²) in [5, 5.41) is 2.43. The van der Waals surface area contributed by atoms with Crippen molar-refractivity contribution in [1.82, 2.24) is 4.31 Å². The number of nitrogens with zero attached hydrogens (tertiary/aromatic N) is 1. The van der Waals surface area contributed by atoms with Crippen LogP contribution in [0.1, 0.15) is 10.4 Å². The van der Waals surface area contributed by atoms with E-state index in [4.69, 9.17) is 25.8 Å². The normalized spacial score (nSPS) is 16.9. The van der Waals surface area contributed by atoms with Crippen LogP contribution >= 0.6 is 11.6 Å². The molecule has 2 aromatic rings. The van der Waals surface area contributed by atoms with Crippen molar-refractivity contribution < 1.29 is 31.8 Å². The Hall–Kier alpha value is -2.40. The third-order valence-electron chi connectivity index (χ3n) is 4.65. The lowest BCUT2D eigenvalue weighted by Crippen LogP contribution is -2.40. The lowest BCUT2D eigenvalue weighted by molar-refractivity contribution is 0.0730. The Morgan fingerprint density at radius 2 is 1.80 bits per heavy atom. The van der Waals surface area contributed by atoms with E-state index in [1.54, 1.807) is 0 Å². The molecular weight excluding hydrogens is 439 g/mol. The van der Waals surface area contributed by atoms with E-state index in [0.717, 1.165) is 6.07 Å². The predicted molar refractivity (Wildman–Crippen MR) is 106 cm³/mol. The highest BCUT2D eigenvalue weighted by Crippen LogP contribution is 2.38. The molecule has 0 radical (unpaired) electrons. The van der Waals surface area contributed by atoms with Crippen LogP contribution in [0.4, 0.5) is 10.1 Å². The van der Waals surface area contributed by atoms with Gasteiger partial charge in [0, 0.05) is 24.8 Å². The van der Waals surface area contributed by atoms with Gasteiger partial charge in [0.25, 0.3) is 5.91 Å². The van der Waals surface area contributed by atoms with Crippen LogP contribution in [0.3, 0.4) is 0 Å². The second-order valence-corrected chi connectivity index (χ2v) is 8.94. The average Bonchev–Trinajstić information content (AvgIpc) is 2.76. The number of benzene rings is 2. The molecule has 2 heterocycles. The Morgan fingerprint density at radius 3 is 2.53 bits per heavy atom. The average molecular weight is 457 g/mol. The maximum Gasteiger partial charge on any atom is 0.259 e. The quantitative estimate of drug-likeness (QED) is 0.759. The second kappa shape index (κ2) is 8.38. The highest BCUT2D eigenvalue weighted by atomic mass is 35.5. The Labute approximate surface area is 177 Å². The van der Waals surface area contributed by atoms with Crippen molar-refractivity contribution in [1.29, 1.82) is 0 Å². The Kier molecular flexibility index (Phi) is 5.83. The van der Waals surface area contributed by atoms with Crippen molar-refractivity contribution in [2.75, 3.05) is 44.8 Å². The molecule has 0 aliphatic carbocycles. The standard InChI is InChI=1S/C19H18ClFN2O6S/c20-15-9-12(1-2-16(15)21)22-19(24)14-10-13(11-17-18(14)29-8-7-28-17)30(25,26)23-3-5-27-6-4-23/h1-2,9-11H,3-8H2,(H,22,24). The molecular formula is C19H18ClFN2O6S. The molecule has 1 amide bonds. The first kappa shape index (κ1) is 20.9. The minimum atomic E-state index is -3.87. The maximum absolute atomic E-state index is 13.4. The van der Waals surface area contributed by atoms with Crippen LogP contribution in [0, 0.1) is 5.82 Å². The number of fused-ring (bicyclic) bond motifs is 1. The monoisotopic (exact) mass is 456 g/mol. The third kappa shape index (κ3) is 4.08. The third-order valence-corrected chi connectivity index (χ3v) is 6.81. The molecule has 2 aliphatic heterocycles. The maximum atomic E-state index is 13.4. The van der Waals surface area contributed by atoms with E-state index < -0.39 is 21.7 Å². The van der Waals surface area contributed by atoms with Gasteiger partial charge in [-0.05, 0) is 24.3 Å². The molecule has 1 fully saturated rings. The van der Waals surface area contributed by atoms with Gasteiger partial charge in [-0.3, -0.25) is 4.79 Å². The zero-order valence-corrected chi connectivity index (χ0v) is 17.3. The van der Waals surface area contributed by atoms with Crippen LogP contribution in [0.5, 0.6) is 11.5 Å². The lowest BCUT2D eigenvalue weighted by Gasteiger charge is -2.27. The molecule has 0 spiro atoms. The van der Waals surface area contributed by atoms with E-state index in [-0.39, 0.29) is 59.0 Å². The summed E-state index contributed by atoms with van der Waals surface area (Å²) in [5.74, 6) is -0.952. The number of amides is 1. The molecule has 0 atom stereocenters. The summed E-state index contributed by atoms with van der Waals surface area (Å²) in [6.45, 7) is 1.46. The van der Waals surface area contributed by atoms with Gasteiger partial charge in [-0.15, -0.1) is 0 Å². The summed E-state index contributed by atoms with van der Waals surface area (Å²) in [6, 6.07) is 6.32. The zero-order valence-electron chi connectivity index (χ0n) is 15.7. The largest absolute Gasteiger partial charge is 0.486 e. The second-order valence-electron chi connectivity index (χ2n) is 6.59. The Bertz CT molecular complexity index is 1090. The molecule has 4 rings (SSSR count). The molecule has 0 unspecified atom stereocenters. The number of morpholine rings is 1. The number of anilines is 1. The molecule has 0 saturated carbocycles. The molecule has 0 aromatic heterocycles. The van der Waals surface area contributed by atoms with Crippen LogP contribution < -0.4 is 14.8 Å². The van der Waals surface area contributed by atoms with Gasteiger partial charge < -0.3 is 19.5 Å². The van der Waals surface area contributed by atoms with Crippen LogP contribution in [0.25, 0.3) is 0 Å². The van der Waals surface area contributed by atoms with Gasteiger partial charge in [-0.2, -0.15) is 4.31 Å².